The molecule has 2 rings (SSSR count). The molecule has 0 spiro atoms. The molecule has 0 bridgehead atoms. The molecular formula is C14H11BrN2O3. The van der Waals surface area contributed by atoms with E-state index in [9.17, 15) is 9.59 Å². The molecule has 1 heterocycles. The van der Waals surface area contributed by atoms with E-state index in [2.05, 4.69) is 20.9 Å². The number of nitrogens with zero attached hydrogens (tertiary/aromatic N) is 2. The number of amides is 1. The normalized spacial score (nSPS) is 10.1. The van der Waals surface area contributed by atoms with Gasteiger partial charge in [0.2, 0.25) is 0 Å². The monoisotopic (exact) mass is 334 g/mol. The fourth-order valence-corrected chi connectivity index (χ4v) is 1.89. The standard InChI is InChI=1S/C14H11BrN2O3/c1-17(10-7-5-9(15)6-8-10)13(18)11-3-2-4-12(16-11)14(19)20/h2-8H,1H3,(H,19,20). The Hall–Kier alpha value is -2.21. The van der Waals surface area contributed by atoms with E-state index in [4.69, 9.17) is 5.11 Å². The van der Waals surface area contributed by atoms with Crippen LogP contribution in [-0.2, 0) is 0 Å². The summed E-state index contributed by atoms with van der Waals surface area (Å²) in [4.78, 5) is 28.4. The van der Waals surface area contributed by atoms with Gasteiger partial charge in [-0.15, -0.1) is 0 Å². The fraction of sp³-hybridized carbons (Fsp3) is 0.0714. The van der Waals surface area contributed by atoms with Crippen LogP contribution in [0.15, 0.2) is 46.9 Å². The van der Waals surface area contributed by atoms with E-state index in [1.54, 1.807) is 19.2 Å². The Balaban J connectivity index is 2.28. The second kappa shape index (κ2) is 5.83. The maximum absolute atomic E-state index is 12.3. The zero-order chi connectivity index (χ0) is 14.7. The third-order valence-electron chi connectivity index (χ3n) is 2.71. The first-order valence-electron chi connectivity index (χ1n) is 5.73. The third-order valence-corrected chi connectivity index (χ3v) is 3.23. The highest BCUT2D eigenvalue weighted by atomic mass is 79.9. The van der Waals surface area contributed by atoms with Gasteiger partial charge in [-0.2, -0.15) is 0 Å². The Kier molecular flexibility index (Phi) is 4.14. The molecule has 1 aromatic heterocycles. The maximum Gasteiger partial charge on any atom is 0.354 e. The second-order valence-electron chi connectivity index (χ2n) is 4.05. The Morgan fingerprint density at radius 1 is 1.10 bits per heavy atom. The summed E-state index contributed by atoms with van der Waals surface area (Å²) in [7, 11) is 1.61. The molecule has 0 saturated carbocycles. The van der Waals surface area contributed by atoms with E-state index in [-0.39, 0.29) is 17.3 Å². The van der Waals surface area contributed by atoms with Crippen molar-refractivity contribution in [2.45, 2.75) is 0 Å². The number of carbonyl (C=O) groups excluding carboxylic acids is 1. The van der Waals surface area contributed by atoms with Gasteiger partial charge in [-0.3, -0.25) is 4.79 Å². The molecule has 20 heavy (non-hydrogen) atoms. The summed E-state index contributed by atoms with van der Waals surface area (Å²) in [6.45, 7) is 0. The summed E-state index contributed by atoms with van der Waals surface area (Å²) in [6, 6.07) is 11.5. The van der Waals surface area contributed by atoms with Gasteiger partial charge in [0.15, 0.2) is 0 Å². The number of hydrogen-bond donors (Lipinski definition) is 1. The topological polar surface area (TPSA) is 70.5 Å². The average molecular weight is 335 g/mol. The van der Waals surface area contributed by atoms with Gasteiger partial charge in [0.05, 0.1) is 0 Å². The fourth-order valence-electron chi connectivity index (χ4n) is 1.63. The van der Waals surface area contributed by atoms with Gasteiger partial charge in [-0.05, 0) is 36.4 Å². The quantitative estimate of drug-likeness (QED) is 0.936. The number of carbonyl (C=O) groups is 2. The van der Waals surface area contributed by atoms with Gasteiger partial charge in [0, 0.05) is 17.2 Å². The van der Waals surface area contributed by atoms with Gasteiger partial charge in [0.1, 0.15) is 11.4 Å². The summed E-state index contributed by atoms with van der Waals surface area (Å²) >= 11 is 3.32. The van der Waals surface area contributed by atoms with E-state index >= 15 is 0 Å². The number of hydrogen-bond acceptors (Lipinski definition) is 3. The van der Waals surface area contributed by atoms with Crippen LogP contribution >= 0.6 is 15.9 Å². The van der Waals surface area contributed by atoms with Gasteiger partial charge in [-0.25, -0.2) is 9.78 Å². The minimum absolute atomic E-state index is 0.0929. The van der Waals surface area contributed by atoms with E-state index in [0.717, 1.165) is 4.47 Å². The van der Waals surface area contributed by atoms with Crippen LogP contribution in [0.1, 0.15) is 21.0 Å². The lowest BCUT2D eigenvalue weighted by Crippen LogP contribution is -2.27. The lowest BCUT2D eigenvalue weighted by atomic mass is 10.2. The van der Waals surface area contributed by atoms with Crippen molar-refractivity contribution in [3.63, 3.8) is 0 Å². The molecule has 0 fully saturated rings. The van der Waals surface area contributed by atoms with Gasteiger partial charge in [-0.1, -0.05) is 22.0 Å². The highest BCUT2D eigenvalue weighted by molar-refractivity contribution is 9.10. The summed E-state index contributed by atoms with van der Waals surface area (Å²) in [5.74, 6) is -1.53. The molecule has 1 amide bonds. The van der Waals surface area contributed by atoms with Crippen LogP contribution in [-0.4, -0.2) is 29.0 Å². The first-order chi connectivity index (χ1) is 9.49. The minimum Gasteiger partial charge on any atom is -0.477 e. The van der Waals surface area contributed by atoms with Crippen LogP contribution < -0.4 is 4.90 Å². The smallest absolute Gasteiger partial charge is 0.354 e. The Labute approximate surface area is 124 Å². The van der Waals surface area contributed by atoms with Gasteiger partial charge >= 0.3 is 5.97 Å². The number of rotatable bonds is 3. The highest BCUT2D eigenvalue weighted by Crippen LogP contribution is 2.18. The van der Waals surface area contributed by atoms with Crippen molar-refractivity contribution in [1.82, 2.24) is 4.98 Å². The van der Waals surface area contributed by atoms with Crippen molar-refractivity contribution in [1.29, 1.82) is 0 Å². The molecule has 1 aromatic carbocycles. The molecule has 0 saturated heterocycles. The number of carboxylic acid groups (broad SMARTS) is 1. The number of carboxylic acids is 1. The first-order valence-corrected chi connectivity index (χ1v) is 6.52. The van der Waals surface area contributed by atoms with Gasteiger partial charge < -0.3 is 10.0 Å². The number of benzene rings is 1. The molecule has 0 radical (unpaired) electrons. The van der Waals surface area contributed by atoms with E-state index < -0.39 is 5.97 Å². The van der Waals surface area contributed by atoms with Crippen molar-refractivity contribution < 1.29 is 14.7 Å². The molecule has 0 atom stereocenters. The molecule has 0 unspecified atom stereocenters. The first kappa shape index (κ1) is 14.2. The van der Waals surface area contributed by atoms with Gasteiger partial charge in [0.25, 0.3) is 5.91 Å². The predicted molar refractivity (Wildman–Crippen MR) is 78.1 cm³/mol. The van der Waals surface area contributed by atoms with Crippen LogP contribution in [0.5, 0.6) is 0 Å². The Bertz CT molecular complexity index is 656. The summed E-state index contributed by atoms with van der Waals surface area (Å²) in [6.07, 6.45) is 0. The number of aromatic carboxylic acids is 1. The minimum atomic E-state index is -1.16. The molecule has 5 nitrogen and oxygen atoms in total. The van der Waals surface area contributed by atoms with Crippen LogP contribution in [0.25, 0.3) is 0 Å². The predicted octanol–water partition coefficient (Wildman–Crippen LogP) is 2.82. The van der Waals surface area contributed by atoms with E-state index in [1.807, 2.05) is 12.1 Å². The third kappa shape index (κ3) is 3.03. The Morgan fingerprint density at radius 2 is 1.70 bits per heavy atom. The molecular weight excluding hydrogens is 324 g/mol. The van der Waals surface area contributed by atoms with Crippen molar-refractivity contribution >= 4 is 33.5 Å². The second-order valence-corrected chi connectivity index (χ2v) is 4.97. The molecule has 0 aliphatic carbocycles. The molecule has 0 aliphatic rings. The molecule has 6 heteroatoms. The molecule has 102 valence electrons. The average Bonchev–Trinajstić information content (AvgIpc) is 2.46. The maximum atomic E-state index is 12.3. The largest absolute Gasteiger partial charge is 0.477 e. The zero-order valence-corrected chi connectivity index (χ0v) is 12.2. The lowest BCUT2D eigenvalue weighted by Gasteiger charge is -2.17. The summed E-state index contributed by atoms with van der Waals surface area (Å²) in [5.41, 5.74) is 0.635. The SMILES string of the molecule is CN(C(=O)c1cccc(C(=O)O)n1)c1ccc(Br)cc1. The van der Waals surface area contributed by atoms with Crippen LogP contribution in [0.2, 0.25) is 0 Å². The zero-order valence-electron chi connectivity index (χ0n) is 10.6. The van der Waals surface area contributed by atoms with Crippen LogP contribution in [0, 0.1) is 0 Å². The lowest BCUT2D eigenvalue weighted by molar-refractivity contribution is 0.0690. The summed E-state index contributed by atoms with van der Waals surface area (Å²) in [5, 5.41) is 8.88. The number of aromatic nitrogens is 1. The van der Waals surface area contributed by atoms with E-state index in [0.29, 0.717) is 5.69 Å². The number of pyridine rings is 1. The van der Waals surface area contributed by atoms with Crippen molar-refractivity contribution in [2.24, 2.45) is 0 Å². The van der Waals surface area contributed by atoms with Crippen LogP contribution in [0.3, 0.4) is 0 Å². The number of anilines is 1. The van der Waals surface area contributed by atoms with Crippen molar-refractivity contribution in [3.8, 4) is 0 Å². The molecule has 2 aromatic rings. The molecule has 0 aliphatic heterocycles. The Morgan fingerprint density at radius 3 is 2.30 bits per heavy atom. The highest BCUT2D eigenvalue weighted by Gasteiger charge is 2.16. The van der Waals surface area contributed by atoms with Crippen molar-refractivity contribution in [3.05, 3.63) is 58.3 Å². The summed E-state index contributed by atoms with van der Waals surface area (Å²) < 4.78 is 0.910. The van der Waals surface area contributed by atoms with E-state index in [1.165, 1.54) is 23.1 Å². The molecule has 1 N–H and O–H groups in total. The van der Waals surface area contributed by atoms with Crippen molar-refractivity contribution in [2.75, 3.05) is 11.9 Å². The van der Waals surface area contributed by atoms with Crippen LogP contribution in [0.4, 0.5) is 5.69 Å². The number of halogens is 1.